The molecule has 18 nitrogen and oxygen atoms in total. The first kappa shape index (κ1) is 60.6. The number of amides is 1. The third kappa shape index (κ3) is 30.5. The van der Waals surface area contributed by atoms with E-state index in [2.05, 4.69) is 26.0 Å². The molecule has 0 aliphatic rings. The number of carbonyl (C=O) groups is 3. The van der Waals surface area contributed by atoms with Crippen molar-refractivity contribution in [1.29, 1.82) is 0 Å². The Morgan fingerprint density at radius 1 is 0.600 bits per heavy atom. The lowest BCUT2D eigenvalue weighted by molar-refractivity contribution is -0.384. The molecule has 0 aliphatic carbocycles. The highest BCUT2D eigenvalue weighted by atomic mass is 79.9. The number of alkyl halides is 1. The Bertz CT molecular complexity index is 1940. The molecular weight excluding hydrogens is 952 g/mol. The number of nitro groups is 1. The number of hydrogen-bond acceptors (Lipinski definition) is 16. The van der Waals surface area contributed by atoms with Crippen molar-refractivity contribution in [3.05, 3.63) is 99.6 Å². The Morgan fingerprint density at radius 2 is 0.938 bits per heavy atom. The van der Waals surface area contributed by atoms with Crippen LogP contribution in [0, 0.1) is 10.1 Å². The van der Waals surface area contributed by atoms with Crippen LogP contribution in [0.25, 0.3) is 0 Å². The molecule has 65 heavy (non-hydrogen) atoms. The molecule has 3 N–H and O–H groups in total. The number of nitrogen functional groups attached to an aromatic ring is 1. The lowest BCUT2D eigenvalue weighted by Crippen LogP contribution is -2.29. The van der Waals surface area contributed by atoms with Gasteiger partial charge in [-0.3, -0.25) is 24.6 Å². The third-order valence-electron chi connectivity index (χ3n) is 6.88. The Labute approximate surface area is 392 Å². The molecule has 366 valence electrons. The van der Waals surface area contributed by atoms with E-state index in [-0.39, 0.29) is 18.0 Å². The number of anilines is 2. The molecule has 0 unspecified atom stereocenters. The highest BCUT2D eigenvalue weighted by Crippen LogP contribution is 2.52. The van der Waals surface area contributed by atoms with Crippen LogP contribution in [0.1, 0.15) is 107 Å². The van der Waals surface area contributed by atoms with Gasteiger partial charge in [0, 0.05) is 28.8 Å². The molecule has 0 saturated carbocycles. The maximum absolute atomic E-state index is 12.5. The fourth-order valence-corrected chi connectivity index (χ4v) is 8.32. The van der Waals surface area contributed by atoms with Crippen molar-refractivity contribution in [2.45, 2.75) is 124 Å². The van der Waals surface area contributed by atoms with Crippen molar-refractivity contribution in [2.75, 3.05) is 37.5 Å². The molecule has 0 aliphatic heterocycles. The summed E-state index contributed by atoms with van der Waals surface area (Å²) in [5, 5.41) is 13.6. The van der Waals surface area contributed by atoms with E-state index in [9.17, 15) is 33.6 Å². The molecule has 21 heteroatoms. The summed E-state index contributed by atoms with van der Waals surface area (Å²) in [5.74, 6) is 0. The standard InChI is InChI=1S/C16H26NO5P.C11H18NO3P.C10H18O5.C7H6BrNO2/c1-6-20-23(19,21-7-2)12-13-8-10-14(11-9-13)17-15(18)22-16(3,4)5;1-3-14-16(13,15-4-2)9-10-5-7-11(12)8-6-10;1-9(2,3)14-7(11)13-8(12)15-10(4,5)6;8-5-6-1-3-7(4-2-6)9(10)11/h8-11H,6-7,12H2,1-5H3,(H,17,18);5-8H,3-4,9,12H2,1-2H3;1-6H3;1-4H,5H2. The minimum atomic E-state index is -3.12. The molecule has 0 heterocycles. The van der Waals surface area contributed by atoms with Gasteiger partial charge in [-0.25, -0.2) is 14.4 Å². The van der Waals surface area contributed by atoms with Gasteiger partial charge in [-0.2, -0.15) is 0 Å². The number of nitrogens with zero attached hydrogens (tertiary/aromatic N) is 1. The van der Waals surface area contributed by atoms with Crippen LogP contribution in [0.3, 0.4) is 0 Å². The van der Waals surface area contributed by atoms with Crippen molar-refractivity contribution in [1.82, 2.24) is 0 Å². The summed E-state index contributed by atoms with van der Waals surface area (Å²) in [6.45, 7) is 24.0. The molecule has 0 saturated heterocycles. The van der Waals surface area contributed by atoms with Gasteiger partial charge < -0.3 is 42.8 Å². The first-order chi connectivity index (χ1) is 30.0. The zero-order valence-electron chi connectivity index (χ0n) is 39.8. The average molecular weight is 1020 g/mol. The average Bonchev–Trinajstić information content (AvgIpc) is 3.15. The predicted octanol–water partition coefficient (Wildman–Crippen LogP) is 13.2. The molecule has 0 fully saturated rings. The Kier molecular flexibility index (Phi) is 27.4. The summed E-state index contributed by atoms with van der Waals surface area (Å²) in [6.07, 6.45) is -2.15. The monoisotopic (exact) mass is 1020 g/mol. The number of rotatable bonds is 15. The van der Waals surface area contributed by atoms with Gasteiger partial charge in [0.15, 0.2) is 0 Å². The summed E-state index contributed by atoms with van der Waals surface area (Å²) in [4.78, 5) is 43.5. The second kappa shape index (κ2) is 29.3. The van der Waals surface area contributed by atoms with E-state index in [0.717, 1.165) is 22.0 Å². The zero-order valence-corrected chi connectivity index (χ0v) is 43.2. The van der Waals surface area contributed by atoms with Gasteiger partial charge in [-0.1, -0.05) is 52.3 Å². The number of benzene rings is 3. The van der Waals surface area contributed by atoms with E-state index in [1.54, 1.807) is 139 Å². The molecule has 3 rings (SSSR count). The summed E-state index contributed by atoms with van der Waals surface area (Å²) >= 11 is 3.25. The van der Waals surface area contributed by atoms with Crippen LogP contribution in [0.4, 0.5) is 31.4 Å². The quantitative estimate of drug-likeness (QED) is 0.0210. The lowest BCUT2D eigenvalue weighted by Gasteiger charge is -2.20. The van der Waals surface area contributed by atoms with Crippen LogP contribution in [-0.4, -0.2) is 66.6 Å². The smallest absolute Gasteiger partial charge is 0.444 e. The molecule has 3 aromatic carbocycles. The molecule has 0 spiro atoms. The molecule has 1 amide bonds. The van der Waals surface area contributed by atoms with E-state index in [1.807, 2.05) is 12.1 Å². The predicted molar refractivity (Wildman–Crippen MR) is 256 cm³/mol. The second-order valence-electron chi connectivity index (χ2n) is 16.4. The van der Waals surface area contributed by atoms with Crippen molar-refractivity contribution in [3.63, 3.8) is 0 Å². The molecule has 3 aromatic rings. The molecular formula is C44H68BrN3O15P2. The van der Waals surface area contributed by atoms with Crippen molar-refractivity contribution < 1.29 is 65.5 Å². The fourth-order valence-electron chi connectivity index (χ4n) is 4.55. The van der Waals surface area contributed by atoms with E-state index < -0.39 is 55.3 Å². The van der Waals surface area contributed by atoms with Gasteiger partial charge in [0.2, 0.25) is 0 Å². The van der Waals surface area contributed by atoms with E-state index in [0.29, 0.717) is 37.8 Å². The number of nitrogens with one attached hydrogen (secondary N) is 1. The van der Waals surface area contributed by atoms with Gasteiger partial charge >= 0.3 is 33.6 Å². The summed E-state index contributed by atoms with van der Waals surface area (Å²) in [7, 11) is -6.12. The number of nitro benzene ring substituents is 1. The summed E-state index contributed by atoms with van der Waals surface area (Å²) in [6, 6.07) is 20.7. The van der Waals surface area contributed by atoms with Crippen LogP contribution >= 0.6 is 31.1 Å². The number of halogens is 1. The Hall–Kier alpha value is -4.35. The van der Waals surface area contributed by atoms with E-state index >= 15 is 0 Å². The van der Waals surface area contributed by atoms with Gasteiger partial charge in [0.1, 0.15) is 16.8 Å². The van der Waals surface area contributed by atoms with Gasteiger partial charge in [0.25, 0.3) is 5.69 Å². The van der Waals surface area contributed by atoms with Crippen LogP contribution in [-0.2, 0) is 63.8 Å². The number of carbonyl (C=O) groups excluding carboxylic acids is 3. The Balaban J connectivity index is 0.000000869. The number of nitrogens with two attached hydrogens (primary N) is 1. The maximum atomic E-state index is 12.5. The molecule has 0 radical (unpaired) electrons. The minimum absolute atomic E-state index is 0.134. The molecule has 0 bridgehead atoms. The maximum Gasteiger partial charge on any atom is 0.519 e. The molecule has 0 aromatic heterocycles. The summed E-state index contributed by atoms with van der Waals surface area (Å²) < 4.78 is 64.6. The SMILES string of the molecule is CC(C)(C)OC(=O)OC(=O)OC(C)(C)C.CCOP(=O)(Cc1ccc(N)cc1)OCC.CCOP(=O)(Cc1ccc(NC(=O)OC(C)(C)C)cc1)OCC.O=[N+]([O-])c1ccc(CBr)cc1. The first-order valence-corrected chi connectivity index (χ1v) is 25.2. The number of non-ortho nitro benzene ring substituents is 1. The van der Waals surface area contributed by atoms with Crippen molar-refractivity contribution in [3.8, 4) is 0 Å². The minimum Gasteiger partial charge on any atom is -0.444 e. The van der Waals surface area contributed by atoms with E-state index in [1.165, 1.54) is 12.1 Å². The second-order valence-corrected chi connectivity index (χ2v) is 21.0. The Morgan fingerprint density at radius 3 is 1.25 bits per heavy atom. The van der Waals surface area contributed by atoms with Crippen molar-refractivity contribution in [2.24, 2.45) is 0 Å². The largest absolute Gasteiger partial charge is 0.519 e. The topological polar surface area (TPSA) is 240 Å². The van der Waals surface area contributed by atoms with Gasteiger partial charge in [-0.15, -0.1) is 0 Å². The highest BCUT2D eigenvalue weighted by molar-refractivity contribution is 9.08. The van der Waals surface area contributed by atoms with Gasteiger partial charge in [-0.05, 0) is 131 Å². The van der Waals surface area contributed by atoms with Crippen LogP contribution in [0.2, 0.25) is 0 Å². The summed E-state index contributed by atoms with van der Waals surface area (Å²) in [5.41, 5.74) is 7.81. The zero-order chi connectivity index (χ0) is 50.1. The van der Waals surface area contributed by atoms with Gasteiger partial charge in [0.05, 0.1) is 43.7 Å². The normalized spacial score (nSPS) is 11.5. The lowest BCUT2D eigenvalue weighted by atomic mass is 10.2. The van der Waals surface area contributed by atoms with Crippen LogP contribution in [0.5, 0.6) is 0 Å². The first-order valence-electron chi connectivity index (χ1n) is 20.6. The number of hydrogen-bond donors (Lipinski definition) is 2. The van der Waals surface area contributed by atoms with Crippen LogP contribution < -0.4 is 11.1 Å². The molecule has 0 atom stereocenters. The fraction of sp³-hybridized carbons (Fsp3) is 0.523. The van der Waals surface area contributed by atoms with E-state index in [4.69, 9.17) is 38.0 Å². The third-order valence-corrected chi connectivity index (χ3v) is 11.6. The van der Waals surface area contributed by atoms with Crippen molar-refractivity contribution >= 4 is 66.6 Å². The highest BCUT2D eigenvalue weighted by Gasteiger charge is 2.26. The van der Waals surface area contributed by atoms with Crippen LogP contribution in [0.15, 0.2) is 72.8 Å². The number of ether oxygens (including phenoxy) is 4.